The van der Waals surface area contributed by atoms with Gasteiger partial charge in [0, 0.05) is 10.3 Å². The van der Waals surface area contributed by atoms with Crippen LogP contribution < -0.4 is 10.6 Å². The fraction of sp³-hybridized carbons (Fsp3) is 0.375. The minimum Gasteiger partial charge on any atom is -0.348 e. The number of rotatable bonds is 5. The van der Waals surface area contributed by atoms with Gasteiger partial charge in [-0.15, -0.1) is 11.8 Å². The highest BCUT2D eigenvalue weighted by molar-refractivity contribution is 8.01. The van der Waals surface area contributed by atoms with E-state index in [1.54, 1.807) is 29.7 Å². The zero-order valence-electron chi connectivity index (χ0n) is 18.1. The molecule has 0 saturated carbocycles. The van der Waals surface area contributed by atoms with E-state index in [-0.39, 0.29) is 29.1 Å². The zero-order valence-corrected chi connectivity index (χ0v) is 18.9. The van der Waals surface area contributed by atoms with Gasteiger partial charge < -0.3 is 15.5 Å². The number of nitrogens with zero attached hydrogens (tertiary/aromatic N) is 1. The van der Waals surface area contributed by atoms with Crippen molar-refractivity contribution in [2.24, 2.45) is 0 Å². The van der Waals surface area contributed by atoms with E-state index in [9.17, 15) is 14.4 Å². The number of carbonyl (C=O) groups is 3. The molecule has 3 amide bonds. The summed E-state index contributed by atoms with van der Waals surface area (Å²) in [7, 11) is 0. The molecule has 4 rings (SSSR count). The molecule has 1 fully saturated rings. The minimum atomic E-state index is -0.724. The lowest BCUT2D eigenvalue weighted by Crippen LogP contribution is -2.56. The van der Waals surface area contributed by atoms with Crippen LogP contribution in [-0.2, 0) is 9.59 Å². The summed E-state index contributed by atoms with van der Waals surface area (Å²) in [6.07, 6.45) is 0. The zero-order chi connectivity index (χ0) is 22.3. The highest BCUT2D eigenvalue weighted by atomic mass is 32.2. The van der Waals surface area contributed by atoms with Crippen LogP contribution in [0.2, 0.25) is 0 Å². The Kier molecular flexibility index (Phi) is 5.56. The number of hydrogen-bond acceptors (Lipinski definition) is 4. The van der Waals surface area contributed by atoms with Crippen LogP contribution in [0.5, 0.6) is 0 Å². The molecule has 162 valence electrons. The fourth-order valence-electron chi connectivity index (χ4n) is 4.33. The van der Waals surface area contributed by atoms with Gasteiger partial charge in [-0.3, -0.25) is 14.4 Å². The predicted molar refractivity (Wildman–Crippen MR) is 121 cm³/mol. The van der Waals surface area contributed by atoms with E-state index in [1.165, 1.54) is 0 Å². The van der Waals surface area contributed by atoms with Gasteiger partial charge in [-0.05, 0) is 44.9 Å². The number of thioether (sulfide) groups is 1. The largest absolute Gasteiger partial charge is 0.348 e. The molecule has 6 nitrogen and oxygen atoms in total. The summed E-state index contributed by atoms with van der Waals surface area (Å²) in [5, 5.41) is 5.59. The molecule has 0 bridgehead atoms. The molecule has 0 spiro atoms. The first-order valence-corrected chi connectivity index (χ1v) is 11.3. The Hall–Kier alpha value is -2.80. The summed E-state index contributed by atoms with van der Waals surface area (Å²) < 4.78 is -0.481. The predicted octanol–water partition coefficient (Wildman–Crippen LogP) is 3.42. The van der Waals surface area contributed by atoms with Gasteiger partial charge in [-0.1, -0.05) is 48.5 Å². The quantitative estimate of drug-likeness (QED) is 0.751. The Bertz CT molecular complexity index is 1020. The molecule has 1 saturated heterocycles. The van der Waals surface area contributed by atoms with Crippen molar-refractivity contribution in [2.45, 2.75) is 55.9 Å². The number of amides is 3. The van der Waals surface area contributed by atoms with Crippen molar-refractivity contribution >= 4 is 29.5 Å². The molecule has 2 aromatic carbocycles. The minimum absolute atomic E-state index is 0.131. The standard InChI is InChI=1S/C24H27N3O3S/c1-14(16-10-6-5-7-11-16)25-20(28)15(2)26-21(29)19-24(3,4)31-23-18-13-9-8-12-17(18)22(30)27(19)23/h5-15,19,23H,1-4H3,(H,25,28)(H,26,29)/t14-,15+,19-,23+/m1/s1. The molecular formula is C24H27N3O3S. The first-order chi connectivity index (χ1) is 14.7. The maximum Gasteiger partial charge on any atom is 0.256 e. The number of carbonyl (C=O) groups excluding carboxylic acids is 3. The van der Waals surface area contributed by atoms with E-state index in [0.29, 0.717) is 5.56 Å². The van der Waals surface area contributed by atoms with Crippen LogP contribution in [0.15, 0.2) is 54.6 Å². The highest BCUT2D eigenvalue weighted by Crippen LogP contribution is 2.56. The molecule has 2 N–H and O–H groups in total. The van der Waals surface area contributed by atoms with Crippen molar-refractivity contribution in [3.8, 4) is 0 Å². The van der Waals surface area contributed by atoms with Crippen LogP contribution in [0.4, 0.5) is 0 Å². The van der Waals surface area contributed by atoms with Crippen LogP contribution in [0.25, 0.3) is 0 Å². The molecule has 2 aliphatic heterocycles. The number of hydrogen-bond donors (Lipinski definition) is 2. The summed E-state index contributed by atoms with van der Waals surface area (Å²) in [5.41, 5.74) is 2.59. The second-order valence-corrected chi connectivity index (χ2v) is 10.4. The van der Waals surface area contributed by atoms with Crippen molar-refractivity contribution in [3.05, 3.63) is 71.3 Å². The highest BCUT2D eigenvalue weighted by Gasteiger charge is 2.57. The Labute approximate surface area is 186 Å². The number of benzene rings is 2. The molecule has 2 aliphatic rings. The second-order valence-electron chi connectivity index (χ2n) is 8.65. The maximum absolute atomic E-state index is 13.3. The van der Waals surface area contributed by atoms with E-state index >= 15 is 0 Å². The fourth-order valence-corrected chi connectivity index (χ4v) is 5.91. The average molecular weight is 438 g/mol. The van der Waals surface area contributed by atoms with Gasteiger partial charge in [0.05, 0.1) is 6.04 Å². The Balaban J connectivity index is 1.46. The average Bonchev–Trinajstić information content (AvgIpc) is 3.17. The molecule has 2 heterocycles. The third-order valence-corrected chi connectivity index (χ3v) is 7.49. The van der Waals surface area contributed by atoms with Crippen molar-refractivity contribution in [3.63, 3.8) is 0 Å². The number of nitrogens with one attached hydrogen (secondary N) is 2. The van der Waals surface area contributed by atoms with Crippen molar-refractivity contribution in [1.82, 2.24) is 15.5 Å². The van der Waals surface area contributed by atoms with Crippen LogP contribution in [0.1, 0.15) is 60.6 Å². The van der Waals surface area contributed by atoms with Gasteiger partial charge >= 0.3 is 0 Å². The van der Waals surface area contributed by atoms with Crippen molar-refractivity contribution < 1.29 is 14.4 Å². The van der Waals surface area contributed by atoms with Crippen molar-refractivity contribution in [2.75, 3.05) is 0 Å². The lowest BCUT2D eigenvalue weighted by molar-refractivity contribution is -0.131. The van der Waals surface area contributed by atoms with Crippen LogP contribution in [0, 0.1) is 0 Å². The van der Waals surface area contributed by atoms with E-state index < -0.39 is 16.8 Å². The summed E-state index contributed by atoms with van der Waals surface area (Å²) in [6, 6.07) is 15.6. The van der Waals surface area contributed by atoms with Gasteiger partial charge in [0.1, 0.15) is 17.5 Å². The molecule has 0 aliphatic carbocycles. The van der Waals surface area contributed by atoms with E-state index in [4.69, 9.17) is 0 Å². The van der Waals surface area contributed by atoms with Crippen LogP contribution in [0.3, 0.4) is 0 Å². The van der Waals surface area contributed by atoms with E-state index in [0.717, 1.165) is 11.1 Å². The monoisotopic (exact) mass is 437 g/mol. The lowest BCUT2D eigenvalue weighted by atomic mass is 10.0. The smallest absolute Gasteiger partial charge is 0.256 e. The van der Waals surface area contributed by atoms with E-state index in [1.807, 2.05) is 69.3 Å². The van der Waals surface area contributed by atoms with Gasteiger partial charge in [0.2, 0.25) is 11.8 Å². The third-order valence-electron chi connectivity index (χ3n) is 5.96. The molecule has 7 heteroatoms. The first kappa shape index (κ1) is 21.4. The van der Waals surface area contributed by atoms with Crippen molar-refractivity contribution in [1.29, 1.82) is 0 Å². The molecule has 0 radical (unpaired) electrons. The van der Waals surface area contributed by atoms with E-state index in [2.05, 4.69) is 10.6 Å². The normalized spacial score (nSPS) is 23.0. The van der Waals surface area contributed by atoms with Crippen LogP contribution in [-0.4, -0.2) is 39.5 Å². The molecule has 2 aromatic rings. The summed E-state index contributed by atoms with van der Waals surface area (Å²) in [5.74, 6) is -0.703. The molecule has 0 unspecified atom stereocenters. The van der Waals surface area contributed by atoms with Gasteiger partial charge in [-0.25, -0.2) is 0 Å². The first-order valence-electron chi connectivity index (χ1n) is 10.5. The Morgan fingerprint density at radius 1 is 1.00 bits per heavy atom. The molecular weight excluding hydrogens is 410 g/mol. The summed E-state index contributed by atoms with van der Waals surface area (Å²) in [4.78, 5) is 40.7. The lowest BCUT2D eigenvalue weighted by Gasteiger charge is -2.30. The van der Waals surface area contributed by atoms with Gasteiger partial charge in [-0.2, -0.15) is 0 Å². The van der Waals surface area contributed by atoms with Crippen LogP contribution >= 0.6 is 11.8 Å². The topological polar surface area (TPSA) is 78.5 Å². The second kappa shape index (κ2) is 8.04. The molecule has 4 atom stereocenters. The Morgan fingerprint density at radius 2 is 1.65 bits per heavy atom. The SMILES string of the molecule is C[C@H](NC(=O)[C@H]1N2C(=O)c3ccccc3[C@@H]2SC1(C)C)C(=O)N[C@H](C)c1ccccc1. The maximum atomic E-state index is 13.3. The number of fused-ring (bicyclic) bond motifs is 3. The van der Waals surface area contributed by atoms with Gasteiger partial charge in [0.15, 0.2) is 0 Å². The third kappa shape index (κ3) is 3.83. The molecule has 31 heavy (non-hydrogen) atoms. The van der Waals surface area contributed by atoms with Gasteiger partial charge in [0.25, 0.3) is 5.91 Å². The Morgan fingerprint density at radius 3 is 2.35 bits per heavy atom. The summed E-state index contributed by atoms with van der Waals surface area (Å²) >= 11 is 1.61. The summed E-state index contributed by atoms with van der Waals surface area (Å²) in [6.45, 7) is 7.51. The molecule has 0 aromatic heterocycles.